The van der Waals surface area contributed by atoms with Crippen molar-refractivity contribution in [2.45, 2.75) is 25.3 Å². The highest BCUT2D eigenvalue weighted by Crippen LogP contribution is 2.23. The fourth-order valence-electron chi connectivity index (χ4n) is 2.97. The van der Waals surface area contributed by atoms with Crippen LogP contribution in [0.15, 0.2) is 46.3 Å². The number of thiazole rings is 1. The van der Waals surface area contributed by atoms with E-state index < -0.39 is 15.9 Å². The van der Waals surface area contributed by atoms with Gasteiger partial charge in [0.1, 0.15) is 0 Å². The number of fused-ring (bicyclic) bond motifs is 1. The predicted octanol–water partition coefficient (Wildman–Crippen LogP) is 2.94. The van der Waals surface area contributed by atoms with Gasteiger partial charge in [0.15, 0.2) is 4.80 Å². The van der Waals surface area contributed by atoms with Crippen LogP contribution < -0.4 is 4.80 Å². The number of carbonyl (C=O) groups excluding carboxylic acids is 1. The van der Waals surface area contributed by atoms with Crippen LogP contribution in [-0.2, 0) is 16.6 Å². The van der Waals surface area contributed by atoms with Crippen molar-refractivity contribution >= 4 is 37.5 Å². The average molecular weight is 428 g/mol. The minimum atomic E-state index is -3.55. The van der Waals surface area contributed by atoms with Gasteiger partial charge in [0, 0.05) is 19.7 Å². The van der Waals surface area contributed by atoms with Gasteiger partial charge in [-0.15, -0.1) is 6.42 Å². The lowest BCUT2D eigenvalue weighted by Crippen LogP contribution is -2.22. The lowest BCUT2D eigenvalue weighted by molar-refractivity contribution is 0.0998. The molecule has 0 N–H and O–H groups in total. The van der Waals surface area contributed by atoms with Crippen molar-refractivity contribution in [1.82, 2.24) is 8.87 Å². The van der Waals surface area contributed by atoms with Crippen LogP contribution >= 0.6 is 11.3 Å². The zero-order chi connectivity index (χ0) is 21.3. The van der Waals surface area contributed by atoms with Gasteiger partial charge in [-0.1, -0.05) is 23.3 Å². The second kappa shape index (κ2) is 7.95. The first kappa shape index (κ1) is 21.0. The first-order valence-corrected chi connectivity index (χ1v) is 11.1. The second-order valence-electron chi connectivity index (χ2n) is 6.83. The van der Waals surface area contributed by atoms with E-state index in [9.17, 15) is 13.2 Å². The molecule has 0 spiro atoms. The Hall–Kier alpha value is -2.73. The van der Waals surface area contributed by atoms with Crippen LogP contribution in [0, 0.1) is 26.2 Å². The molecule has 2 aromatic carbocycles. The molecule has 0 aliphatic rings. The third-order valence-electron chi connectivity index (χ3n) is 4.44. The largest absolute Gasteiger partial charge is 0.305 e. The molecule has 8 heteroatoms. The van der Waals surface area contributed by atoms with Crippen LogP contribution in [0.3, 0.4) is 0 Å². The zero-order valence-corrected chi connectivity index (χ0v) is 18.3. The molecule has 0 saturated carbocycles. The predicted molar refractivity (Wildman–Crippen MR) is 115 cm³/mol. The van der Waals surface area contributed by atoms with Crippen molar-refractivity contribution in [3.8, 4) is 12.3 Å². The minimum Gasteiger partial charge on any atom is -0.305 e. The van der Waals surface area contributed by atoms with Gasteiger partial charge in [0.05, 0.1) is 21.7 Å². The lowest BCUT2D eigenvalue weighted by Gasteiger charge is -2.11. The van der Waals surface area contributed by atoms with E-state index in [1.165, 1.54) is 49.7 Å². The highest BCUT2D eigenvalue weighted by molar-refractivity contribution is 7.89. The molecule has 1 heterocycles. The SMILES string of the molecule is C#CCn1c(=NC(=O)c2ccc(S(=O)(=O)N(C)C)cc2)sc2c(C)cc(C)cc21. The summed E-state index contributed by atoms with van der Waals surface area (Å²) in [5, 5.41) is 0. The normalized spacial score (nSPS) is 12.5. The second-order valence-corrected chi connectivity index (χ2v) is 9.96. The molecule has 0 radical (unpaired) electrons. The Balaban J connectivity index is 2.08. The third-order valence-corrected chi connectivity index (χ3v) is 7.50. The topological polar surface area (TPSA) is 71.7 Å². The van der Waals surface area contributed by atoms with E-state index in [1.54, 1.807) is 0 Å². The Morgan fingerprint density at radius 1 is 1.21 bits per heavy atom. The monoisotopic (exact) mass is 427 g/mol. The smallest absolute Gasteiger partial charge is 0.279 e. The first-order valence-electron chi connectivity index (χ1n) is 8.81. The zero-order valence-electron chi connectivity index (χ0n) is 16.6. The van der Waals surface area contributed by atoms with E-state index in [1.807, 2.05) is 24.5 Å². The fourth-order valence-corrected chi connectivity index (χ4v) is 4.95. The Bertz CT molecular complexity index is 1310. The van der Waals surface area contributed by atoms with E-state index in [4.69, 9.17) is 6.42 Å². The number of terminal acetylenes is 1. The number of rotatable bonds is 4. The van der Waals surface area contributed by atoms with Gasteiger partial charge < -0.3 is 4.57 Å². The van der Waals surface area contributed by atoms with Gasteiger partial charge in [-0.2, -0.15) is 4.99 Å². The summed E-state index contributed by atoms with van der Waals surface area (Å²) in [6, 6.07) is 9.86. The summed E-state index contributed by atoms with van der Waals surface area (Å²) in [7, 11) is -0.636. The number of aromatic nitrogens is 1. The Labute approximate surface area is 174 Å². The van der Waals surface area contributed by atoms with E-state index in [0.717, 1.165) is 25.6 Å². The van der Waals surface area contributed by atoms with Gasteiger partial charge in [-0.05, 0) is 55.3 Å². The first-order chi connectivity index (χ1) is 13.6. The van der Waals surface area contributed by atoms with E-state index in [2.05, 4.69) is 17.0 Å². The van der Waals surface area contributed by atoms with Crippen LogP contribution in [0.4, 0.5) is 0 Å². The van der Waals surface area contributed by atoms with Crippen molar-refractivity contribution in [2.75, 3.05) is 14.1 Å². The van der Waals surface area contributed by atoms with Crippen molar-refractivity contribution in [3.05, 3.63) is 57.9 Å². The fraction of sp³-hybridized carbons (Fsp3) is 0.238. The molecule has 3 aromatic rings. The van der Waals surface area contributed by atoms with Crippen LogP contribution in [0.25, 0.3) is 10.2 Å². The maximum absolute atomic E-state index is 12.7. The minimum absolute atomic E-state index is 0.120. The number of benzene rings is 2. The van der Waals surface area contributed by atoms with Gasteiger partial charge >= 0.3 is 0 Å². The number of amides is 1. The van der Waals surface area contributed by atoms with E-state index in [0.29, 0.717) is 16.9 Å². The summed E-state index contributed by atoms with van der Waals surface area (Å²) in [4.78, 5) is 17.6. The summed E-state index contributed by atoms with van der Waals surface area (Å²) >= 11 is 1.41. The Kier molecular flexibility index (Phi) is 5.75. The molecule has 0 fully saturated rings. The number of hydrogen-bond donors (Lipinski definition) is 0. The number of sulfonamides is 1. The molecule has 0 saturated heterocycles. The van der Waals surface area contributed by atoms with E-state index in [-0.39, 0.29) is 4.90 Å². The Morgan fingerprint density at radius 2 is 1.86 bits per heavy atom. The summed E-state index contributed by atoms with van der Waals surface area (Å²) in [6.07, 6.45) is 5.53. The van der Waals surface area contributed by atoms with Crippen molar-refractivity contribution < 1.29 is 13.2 Å². The van der Waals surface area contributed by atoms with Gasteiger partial charge in [-0.3, -0.25) is 4.79 Å². The molecule has 0 aliphatic carbocycles. The maximum atomic E-state index is 12.7. The maximum Gasteiger partial charge on any atom is 0.279 e. The molecular weight excluding hydrogens is 406 g/mol. The van der Waals surface area contributed by atoms with Crippen molar-refractivity contribution in [1.29, 1.82) is 0 Å². The summed E-state index contributed by atoms with van der Waals surface area (Å²) < 4.78 is 28.4. The Morgan fingerprint density at radius 3 is 2.45 bits per heavy atom. The average Bonchev–Trinajstić information content (AvgIpc) is 3.00. The van der Waals surface area contributed by atoms with Crippen LogP contribution in [-0.4, -0.2) is 37.3 Å². The number of carbonyl (C=O) groups is 1. The highest BCUT2D eigenvalue weighted by Gasteiger charge is 2.17. The van der Waals surface area contributed by atoms with Gasteiger partial charge in [-0.25, -0.2) is 12.7 Å². The number of aryl methyl sites for hydroxylation is 2. The molecule has 1 aromatic heterocycles. The molecule has 0 atom stereocenters. The third kappa shape index (κ3) is 4.03. The molecule has 29 heavy (non-hydrogen) atoms. The summed E-state index contributed by atoms with van der Waals surface area (Å²) in [5.74, 6) is 2.16. The van der Waals surface area contributed by atoms with E-state index >= 15 is 0 Å². The van der Waals surface area contributed by atoms with Crippen molar-refractivity contribution in [3.63, 3.8) is 0 Å². The standard InChI is InChI=1S/C21H21N3O3S2/c1-6-11-24-18-13-14(2)12-15(3)19(18)28-21(24)22-20(25)16-7-9-17(10-8-16)29(26,27)23(4)5/h1,7-10,12-13H,11H2,2-5H3. The molecule has 0 aliphatic heterocycles. The highest BCUT2D eigenvalue weighted by atomic mass is 32.2. The molecule has 0 bridgehead atoms. The van der Waals surface area contributed by atoms with Gasteiger partial charge in [0.2, 0.25) is 10.0 Å². The summed E-state index contributed by atoms with van der Waals surface area (Å²) in [6.45, 7) is 4.33. The van der Waals surface area contributed by atoms with Crippen LogP contribution in [0.1, 0.15) is 21.5 Å². The lowest BCUT2D eigenvalue weighted by atomic mass is 10.1. The van der Waals surface area contributed by atoms with Crippen LogP contribution in [0.5, 0.6) is 0 Å². The van der Waals surface area contributed by atoms with Crippen molar-refractivity contribution in [2.24, 2.45) is 4.99 Å². The molecule has 150 valence electrons. The number of hydrogen-bond acceptors (Lipinski definition) is 4. The number of nitrogens with zero attached hydrogens (tertiary/aromatic N) is 3. The summed E-state index contributed by atoms with van der Waals surface area (Å²) in [5.41, 5.74) is 3.46. The van der Waals surface area contributed by atoms with Crippen LogP contribution in [0.2, 0.25) is 0 Å². The molecule has 6 nitrogen and oxygen atoms in total. The molecule has 3 rings (SSSR count). The molecule has 0 unspecified atom stereocenters. The van der Waals surface area contributed by atoms with Gasteiger partial charge in [0.25, 0.3) is 5.91 Å². The quantitative estimate of drug-likeness (QED) is 0.601. The molecular formula is C21H21N3O3S2. The molecule has 1 amide bonds.